The van der Waals surface area contributed by atoms with Gasteiger partial charge in [-0.2, -0.15) is 0 Å². The third-order valence-electron chi connectivity index (χ3n) is 4.44. The standard InChI is InChI=1S/C20H24N4O/c1-24(14-15-6-3-2-4-7-15)19(25)13-22-20(21)23-18-11-10-16-8-5-9-17(16)12-18/h2-4,6-7,10-12H,5,8-9,13-14H2,1H3,(H3,21,22,23). The Hall–Kier alpha value is -2.82. The lowest BCUT2D eigenvalue weighted by atomic mass is 10.1. The normalized spacial score (nSPS) is 13.4. The van der Waals surface area contributed by atoms with E-state index in [1.54, 1.807) is 11.9 Å². The van der Waals surface area contributed by atoms with E-state index in [4.69, 9.17) is 5.73 Å². The predicted octanol–water partition coefficient (Wildman–Crippen LogP) is 2.56. The quantitative estimate of drug-likeness (QED) is 0.651. The van der Waals surface area contributed by atoms with Crippen molar-refractivity contribution in [3.05, 3.63) is 65.2 Å². The number of guanidine groups is 1. The van der Waals surface area contributed by atoms with Crippen LogP contribution in [0.2, 0.25) is 0 Å². The van der Waals surface area contributed by atoms with Gasteiger partial charge in [-0.15, -0.1) is 0 Å². The van der Waals surface area contributed by atoms with Crippen LogP contribution in [0.1, 0.15) is 23.1 Å². The smallest absolute Gasteiger partial charge is 0.244 e. The summed E-state index contributed by atoms with van der Waals surface area (Å²) in [4.78, 5) is 18.0. The maximum absolute atomic E-state index is 12.2. The van der Waals surface area contributed by atoms with Crippen molar-refractivity contribution < 1.29 is 4.79 Å². The number of fused-ring (bicyclic) bond motifs is 1. The van der Waals surface area contributed by atoms with Gasteiger partial charge < -0.3 is 16.0 Å². The molecular formula is C20H24N4O. The van der Waals surface area contributed by atoms with Crippen LogP contribution in [-0.2, 0) is 24.2 Å². The van der Waals surface area contributed by atoms with E-state index in [1.807, 2.05) is 36.4 Å². The third-order valence-corrected chi connectivity index (χ3v) is 4.44. The van der Waals surface area contributed by atoms with Gasteiger partial charge in [0.15, 0.2) is 5.96 Å². The number of nitrogens with one attached hydrogen (secondary N) is 1. The number of aryl methyl sites for hydroxylation is 2. The maximum atomic E-state index is 12.2. The first-order valence-electron chi connectivity index (χ1n) is 8.58. The molecule has 1 amide bonds. The molecular weight excluding hydrogens is 312 g/mol. The summed E-state index contributed by atoms with van der Waals surface area (Å²) >= 11 is 0. The van der Waals surface area contributed by atoms with Gasteiger partial charge in [-0.3, -0.25) is 4.79 Å². The molecule has 0 spiro atoms. The Morgan fingerprint density at radius 1 is 1.16 bits per heavy atom. The summed E-state index contributed by atoms with van der Waals surface area (Å²) in [6.45, 7) is 0.598. The minimum absolute atomic E-state index is 0.0348. The number of rotatable bonds is 5. The van der Waals surface area contributed by atoms with E-state index >= 15 is 0 Å². The fraction of sp³-hybridized carbons (Fsp3) is 0.300. The molecule has 5 heteroatoms. The van der Waals surface area contributed by atoms with Crippen molar-refractivity contribution in [1.82, 2.24) is 4.90 Å². The molecule has 3 N–H and O–H groups in total. The van der Waals surface area contributed by atoms with E-state index in [-0.39, 0.29) is 18.4 Å². The number of nitrogens with two attached hydrogens (primary N) is 1. The molecule has 0 fully saturated rings. The van der Waals surface area contributed by atoms with E-state index in [0.29, 0.717) is 6.54 Å². The van der Waals surface area contributed by atoms with E-state index in [0.717, 1.165) is 24.1 Å². The van der Waals surface area contributed by atoms with Gasteiger partial charge in [-0.05, 0) is 48.1 Å². The lowest BCUT2D eigenvalue weighted by Gasteiger charge is -2.16. The van der Waals surface area contributed by atoms with Gasteiger partial charge in [0.25, 0.3) is 0 Å². The molecule has 0 aliphatic heterocycles. The Morgan fingerprint density at radius 3 is 2.72 bits per heavy atom. The molecule has 0 saturated heterocycles. The number of carbonyl (C=O) groups excluding carboxylic acids is 1. The van der Waals surface area contributed by atoms with Gasteiger partial charge in [-0.25, -0.2) is 4.99 Å². The molecule has 3 rings (SSSR count). The highest BCUT2D eigenvalue weighted by atomic mass is 16.2. The van der Waals surface area contributed by atoms with Crippen LogP contribution in [0.3, 0.4) is 0 Å². The topological polar surface area (TPSA) is 70.7 Å². The molecule has 0 unspecified atom stereocenters. The fourth-order valence-corrected chi connectivity index (χ4v) is 3.06. The van der Waals surface area contributed by atoms with Crippen molar-refractivity contribution in [2.75, 3.05) is 18.9 Å². The van der Waals surface area contributed by atoms with Crippen LogP contribution in [0, 0.1) is 0 Å². The molecule has 1 aliphatic rings. The molecule has 5 nitrogen and oxygen atoms in total. The van der Waals surface area contributed by atoms with Crippen LogP contribution >= 0.6 is 0 Å². The summed E-state index contributed by atoms with van der Waals surface area (Å²) in [6, 6.07) is 16.1. The predicted molar refractivity (Wildman–Crippen MR) is 101 cm³/mol. The Labute approximate surface area is 148 Å². The molecule has 0 saturated carbocycles. The largest absolute Gasteiger partial charge is 0.370 e. The van der Waals surface area contributed by atoms with Crippen LogP contribution in [0.25, 0.3) is 0 Å². The molecule has 2 aromatic carbocycles. The summed E-state index contributed by atoms with van der Waals surface area (Å²) in [6.07, 6.45) is 3.48. The van der Waals surface area contributed by atoms with Crippen molar-refractivity contribution in [2.45, 2.75) is 25.8 Å². The van der Waals surface area contributed by atoms with Gasteiger partial charge in [0.05, 0.1) is 0 Å². The van der Waals surface area contributed by atoms with Crippen LogP contribution in [0.5, 0.6) is 0 Å². The minimum Gasteiger partial charge on any atom is -0.370 e. The van der Waals surface area contributed by atoms with E-state index in [2.05, 4.69) is 22.4 Å². The highest BCUT2D eigenvalue weighted by Crippen LogP contribution is 2.24. The van der Waals surface area contributed by atoms with Crippen LogP contribution in [-0.4, -0.2) is 30.4 Å². The first-order valence-corrected chi connectivity index (χ1v) is 8.58. The molecule has 2 aromatic rings. The summed E-state index contributed by atoms with van der Waals surface area (Å²) in [5, 5.41) is 3.07. The molecule has 0 heterocycles. The Morgan fingerprint density at radius 2 is 1.92 bits per heavy atom. The highest BCUT2D eigenvalue weighted by molar-refractivity contribution is 5.94. The van der Waals surface area contributed by atoms with Crippen LogP contribution in [0.15, 0.2) is 53.5 Å². The zero-order valence-electron chi connectivity index (χ0n) is 14.5. The Kier molecular flexibility index (Phi) is 5.33. The zero-order chi connectivity index (χ0) is 17.6. The third kappa shape index (κ3) is 4.59. The van der Waals surface area contributed by atoms with Crippen molar-refractivity contribution in [3.8, 4) is 0 Å². The molecule has 130 valence electrons. The molecule has 0 bridgehead atoms. The summed E-state index contributed by atoms with van der Waals surface area (Å²) in [5.74, 6) is 0.196. The van der Waals surface area contributed by atoms with Crippen LogP contribution in [0.4, 0.5) is 5.69 Å². The number of amides is 1. The monoisotopic (exact) mass is 336 g/mol. The number of hydrogen-bond donors (Lipinski definition) is 2. The molecule has 0 aromatic heterocycles. The summed E-state index contributed by atoms with van der Waals surface area (Å²) in [7, 11) is 1.77. The number of likely N-dealkylation sites (N-methyl/N-ethyl adjacent to an activating group) is 1. The van der Waals surface area contributed by atoms with E-state index in [9.17, 15) is 4.79 Å². The van der Waals surface area contributed by atoms with Crippen LogP contribution < -0.4 is 11.1 Å². The average Bonchev–Trinajstić information content (AvgIpc) is 3.08. The summed E-state index contributed by atoms with van der Waals surface area (Å²) in [5.41, 5.74) is 10.7. The molecule has 0 atom stereocenters. The molecule has 1 aliphatic carbocycles. The minimum atomic E-state index is -0.0671. The Bertz CT molecular complexity index is 771. The first-order chi connectivity index (χ1) is 12.1. The number of anilines is 1. The second kappa shape index (κ2) is 7.83. The number of nitrogens with zero attached hydrogens (tertiary/aromatic N) is 2. The van der Waals surface area contributed by atoms with Gasteiger partial charge in [-0.1, -0.05) is 36.4 Å². The maximum Gasteiger partial charge on any atom is 0.244 e. The first kappa shape index (κ1) is 17.0. The fourth-order valence-electron chi connectivity index (χ4n) is 3.06. The van der Waals surface area contributed by atoms with Gasteiger partial charge in [0.1, 0.15) is 6.54 Å². The Balaban J connectivity index is 1.53. The second-order valence-corrected chi connectivity index (χ2v) is 6.40. The number of benzene rings is 2. The van der Waals surface area contributed by atoms with Crippen molar-refractivity contribution in [3.63, 3.8) is 0 Å². The van der Waals surface area contributed by atoms with Crippen molar-refractivity contribution >= 4 is 17.6 Å². The average molecular weight is 336 g/mol. The lowest BCUT2D eigenvalue weighted by Crippen LogP contribution is -2.30. The van der Waals surface area contributed by atoms with E-state index in [1.165, 1.54) is 17.5 Å². The van der Waals surface area contributed by atoms with Gasteiger partial charge in [0.2, 0.25) is 5.91 Å². The van der Waals surface area contributed by atoms with Gasteiger partial charge in [0, 0.05) is 19.3 Å². The lowest BCUT2D eigenvalue weighted by molar-refractivity contribution is -0.128. The molecule has 0 radical (unpaired) electrons. The summed E-state index contributed by atoms with van der Waals surface area (Å²) < 4.78 is 0. The second-order valence-electron chi connectivity index (χ2n) is 6.40. The van der Waals surface area contributed by atoms with Crippen molar-refractivity contribution in [1.29, 1.82) is 0 Å². The zero-order valence-corrected chi connectivity index (χ0v) is 14.5. The van der Waals surface area contributed by atoms with E-state index < -0.39 is 0 Å². The SMILES string of the molecule is CN(Cc1ccccc1)C(=O)CN=C(N)Nc1ccc2c(c1)CCC2. The van der Waals surface area contributed by atoms with Crippen molar-refractivity contribution in [2.24, 2.45) is 10.7 Å². The number of aliphatic imine (C=N–C) groups is 1. The molecule has 25 heavy (non-hydrogen) atoms. The number of hydrogen-bond acceptors (Lipinski definition) is 2. The highest BCUT2D eigenvalue weighted by Gasteiger charge is 2.11. The number of carbonyl (C=O) groups is 1. The van der Waals surface area contributed by atoms with Gasteiger partial charge >= 0.3 is 0 Å².